The van der Waals surface area contributed by atoms with E-state index in [4.69, 9.17) is 0 Å². The van der Waals surface area contributed by atoms with Crippen molar-refractivity contribution < 1.29 is 14.4 Å². The molecular formula is C16H18ClN3O3. The van der Waals surface area contributed by atoms with Crippen molar-refractivity contribution in [1.29, 1.82) is 0 Å². The molecule has 1 aromatic rings. The molecule has 23 heavy (non-hydrogen) atoms. The Hall–Kier alpha value is -2.18. The van der Waals surface area contributed by atoms with Crippen molar-refractivity contribution in [2.45, 2.75) is 6.42 Å². The summed E-state index contributed by atoms with van der Waals surface area (Å²) in [5.74, 6) is -0.931. The third-order valence-corrected chi connectivity index (χ3v) is 3.99. The number of carbonyl (C=O) groups excluding carboxylic acids is 3. The largest absolute Gasteiger partial charge is 0.348 e. The number of rotatable bonds is 3. The van der Waals surface area contributed by atoms with Crippen LogP contribution in [0.3, 0.4) is 0 Å². The molecule has 0 fully saturated rings. The van der Waals surface area contributed by atoms with Crippen molar-refractivity contribution in [3.05, 3.63) is 46.5 Å². The summed E-state index contributed by atoms with van der Waals surface area (Å²) in [6.07, 6.45) is 2.99. The number of amides is 3. The van der Waals surface area contributed by atoms with Crippen LogP contribution in [0, 0.1) is 0 Å². The second-order valence-electron chi connectivity index (χ2n) is 5.43. The number of hydrogen-bond donors (Lipinski definition) is 2. The standard InChI is InChI=1S/C16H17N3O3.ClH/c1-19-15(21)12-3-2-11(8-13(12)16(19)22)14(20)18-9-10-4-6-17-7-5-10;/h2-4,8,17H,5-7,9H2,1H3,(H,18,20);1H. The number of fused-ring (bicyclic) bond motifs is 1. The number of hydrogen-bond acceptors (Lipinski definition) is 4. The van der Waals surface area contributed by atoms with E-state index in [-0.39, 0.29) is 30.1 Å². The average Bonchev–Trinajstić information content (AvgIpc) is 2.78. The Bertz CT molecular complexity index is 700. The minimum Gasteiger partial charge on any atom is -0.348 e. The summed E-state index contributed by atoms with van der Waals surface area (Å²) in [5, 5.41) is 6.06. The number of imide groups is 1. The molecule has 1 aromatic carbocycles. The zero-order valence-corrected chi connectivity index (χ0v) is 13.5. The molecule has 2 heterocycles. The maximum atomic E-state index is 12.2. The lowest BCUT2D eigenvalue weighted by Gasteiger charge is -2.14. The van der Waals surface area contributed by atoms with Gasteiger partial charge in [0.05, 0.1) is 11.1 Å². The molecule has 0 atom stereocenters. The van der Waals surface area contributed by atoms with E-state index in [2.05, 4.69) is 16.7 Å². The minimum absolute atomic E-state index is 0. The highest BCUT2D eigenvalue weighted by atomic mass is 35.5. The van der Waals surface area contributed by atoms with Crippen LogP contribution >= 0.6 is 12.4 Å². The van der Waals surface area contributed by atoms with Crippen molar-refractivity contribution >= 4 is 30.1 Å². The van der Waals surface area contributed by atoms with Crippen LogP contribution in [0.15, 0.2) is 29.8 Å². The van der Waals surface area contributed by atoms with Gasteiger partial charge in [0.1, 0.15) is 0 Å². The van der Waals surface area contributed by atoms with E-state index in [0.29, 0.717) is 23.2 Å². The fourth-order valence-electron chi connectivity index (χ4n) is 2.63. The summed E-state index contributed by atoms with van der Waals surface area (Å²) >= 11 is 0. The van der Waals surface area contributed by atoms with E-state index in [1.54, 1.807) is 6.07 Å². The normalized spacial score (nSPS) is 16.6. The summed E-state index contributed by atoms with van der Waals surface area (Å²) in [6.45, 7) is 2.25. The summed E-state index contributed by atoms with van der Waals surface area (Å²) in [5.41, 5.74) is 2.23. The molecule has 2 aliphatic rings. The van der Waals surface area contributed by atoms with Crippen molar-refractivity contribution in [3.8, 4) is 0 Å². The van der Waals surface area contributed by atoms with E-state index in [1.807, 2.05) is 0 Å². The van der Waals surface area contributed by atoms with Crippen LogP contribution in [-0.2, 0) is 0 Å². The first-order valence-electron chi connectivity index (χ1n) is 7.21. The summed E-state index contributed by atoms with van der Waals surface area (Å²) in [7, 11) is 1.44. The van der Waals surface area contributed by atoms with Gasteiger partial charge in [0.15, 0.2) is 0 Å². The molecule has 0 saturated carbocycles. The van der Waals surface area contributed by atoms with Gasteiger partial charge in [0.25, 0.3) is 17.7 Å². The van der Waals surface area contributed by atoms with Crippen LogP contribution in [0.25, 0.3) is 0 Å². The van der Waals surface area contributed by atoms with Crippen LogP contribution in [0.4, 0.5) is 0 Å². The molecule has 122 valence electrons. The third kappa shape index (κ3) is 3.28. The lowest BCUT2D eigenvalue weighted by Crippen LogP contribution is -2.29. The summed E-state index contributed by atoms with van der Waals surface area (Å²) in [6, 6.07) is 4.61. The molecule has 2 N–H and O–H groups in total. The number of halogens is 1. The Morgan fingerprint density at radius 2 is 2.00 bits per heavy atom. The molecule has 0 bridgehead atoms. The van der Waals surface area contributed by atoms with E-state index < -0.39 is 0 Å². The summed E-state index contributed by atoms with van der Waals surface area (Å²) < 4.78 is 0. The van der Waals surface area contributed by atoms with E-state index in [9.17, 15) is 14.4 Å². The fraction of sp³-hybridized carbons (Fsp3) is 0.312. The van der Waals surface area contributed by atoms with Crippen LogP contribution in [0.5, 0.6) is 0 Å². The third-order valence-electron chi connectivity index (χ3n) is 3.99. The molecule has 6 nitrogen and oxygen atoms in total. The molecule has 0 aromatic heterocycles. The smallest absolute Gasteiger partial charge is 0.261 e. The molecule has 0 radical (unpaired) electrons. The van der Waals surface area contributed by atoms with Crippen LogP contribution in [0.1, 0.15) is 37.5 Å². The second kappa shape index (κ2) is 6.93. The Morgan fingerprint density at radius 3 is 2.70 bits per heavy atom. The Kier molecular flexibility index (Phi) is 5.18. The highest BCUT2D eigenvalue weighted by molar-refractivity contribution is 6.21. The Labute approximate surface area is 140 Å². The number of nitrogens with zero attached hydrogens (tertiary/aromatic N) is 1. The van der Waals surface area contributed by atoms with Gasteiger partial charge in [0.2, 0.25) is 0 Å². The number of nitrogens with one attached hydrogen (secondary N) is 2. The molecular weight excluding hydrogens is 318 g/mol. The van der Waals surface area contributed by atoms with Gasteiger partial charge in [0, 0.05) is 25.7 Å². The summed E-state index contributed by atoms with van der Waals surface area (Å²) in [4.78, 5) is 37.0. The maximum Gasteiger partial charge on any atom is 0.261 e. The van der Waals surface area contributed by atoms with Gasteiger partial charge in [-0.25, -0.2) is 0 Å². The van der Waals surface area contributed by atoms with Gasteiger partial charge in [-0.05, 0) is 31.2 Å². The van der Waals surface area contributed by atoms with Crippen molar-refractivity contribution in [2.24, 2.45) is 0 Å². The van der Waals surface area contributed by atoms with Gasteiger partial charge < -0.3 is 10.6 Å². The SMILES string of the molecule is CN1C(=O)c2ccc(C(=O)NCC3=CCNCC3)cc2C1=O.Cl. The predicted molar refractivity (Wildman–Crippen MR) is 88.0 cm³/mol. The average molecular weight is 336 g/mol. The Balaban J connectivity index is 0.00000192. The zero-order chi connectivity index (χ0) is 15.7. The first kappa shape index (κ1) is 17.2. The van der Waals surface area contributed by atoms with Crippen molar-refractivity contribution in [2.75, 3.05) is 26.7 Å². The highest BCUT2D eigenvalue weighted by Crippen LogP contribution is 2.22. The maximum absolute atomic E-state index is 12.2. The molecule has 3 amide bonds. The molecule has 0 spiro atoms. The number of carbonyl (C=O) groups is 3. The highest BCUT2D eigenvalue weighted by Gasteiger charge is 2.33. The van der Waals surface area contributed by atoms with Crippen molar-refractivity contribution in [3.63, 3.8) is 0 Å². The lowest BCUT2D eigenvalue weighted by atomic mass is 10.0. The second-order valence-corrected chi connectivity index (χ2v) is 5.43. The monoisotopic (exact) mass is 335 g/mol. The van der Waals surface area contributed by atoms with Crippen LogP contribution in [-0.4, -0.2) is 49.3 Å². The van der Waals surface area contributed by atoms with Gasteiger partial charge in [-0.1, -0.05) is 11.6 Å². The quantitative estimate of drug-likeness (QED) is 0.637. The first-order chi connectivity index (χ1) is 10.6. The molecule has 7 heteroatoms. The topological polar surface area (TPSA) is 78.5 Å². The van der Waals surface area contributed by atoms with Gasteiger partial charge >= 0.3 is 0 Å². The van der Waals surface area contributed by atoms with Gasteiger partial charge in [-0.3, -0.25) is 19.3 Å². The molecule has 0 aliphatic carbocycles. The van der Waals surface area contributed by atoms with E-state index in [1.165, 1.54) is 24.8 Å². The van der Waals surface area contributed by atoms with Crippen molar-refractivity contribution in [1.82, 2.24) is 15.5 Å². The molecule has 3 rings (SSSR count). The van der Waals surface area contributed by atoms with Gasteiger partial charge in [-0.2, -0.15) is 0 Å². The molecule has 2 aliphatic heterocycles. The molecule has 0 unspecified atom stereocenters. The van der Waals surface area contributed by atoms with E-state index >= 15 is 0 Å². The van der Waals surface area contributed by atoms with Gasteiger partial charge in [-0.15, -0.1) is 12.4 Å². The molecule has 0 saturated heterocycles. The van der Waals surface area contributed by atoms with E-state index in [0.717, 1.165) is 24.4 Å². The Morgan fingerprint density at radius 1 is 1.26 bits per heavy atom. The van der Waals surface area contributed by atoms with Crippen LogP contribution in [0.2, 0.25) is 0 Å². The first-order valence-corrected chi connectivity index (χ1v) is 7.21. The number of benzene rings is 1. The minimum atomic E-state index is -0.365. The zero-order valence-electron chi connectivity index (χ0n) is 12.7. The lowest BCUT2D eigenvalue weighted by molar-refractivity contribution is 0.0693. The van der Waals surface area contributed by atoms with Crippen LogP contribution < -0.4 is 10.6 Å². The fourth-order valence-corrected chi connectivity index (χ4v) is 2.63. The predicted octanol–water partition coefficient (Wildman–Crippen LogP) is 0.984.